The van der Waals surface area contributed by atoms with E-state index in [0.717, 1.165) is 42.2 Å². The molecule has 2 heterocycles. The van der Waals surface area contributed by atoms with Crippen LogP contribution in [0.25, 0.3) is 0 Å². The summed E-state index contributed by atoms with van der Waals surface area (Å²) in [7, 11) is 0. The average molecular weight is 400 g/mol. The van der Waals surface area contributed by atoms with Gasteiger partial charge in [0.05, 0.1) is 6.54 Å². The van der Waals surface area contributed by atoms with Crippen molar-refractivity contribution >= 4 is 23.4 Å². The molecule has 2 amide bonds. The third-order valence-electron chi connectivity index (χ3n) is 5.01. The van der Waals surface area contributed by atoms with Crippen LogP contribution in [-0.2, 0) is 16.0 Å². The first kappa shape index (κ1) is 20.3. The molecule has 0 bridgehead atoms. The molecule has 1 N–H and O–H groups in total. The molecule has 1 atom stereocenters. The molecule has 1 saturated heterocycles. The monoisotopic (exact) mass is 399 g/mol. The smallest absolute Gasteiger partial charge is 0.241 e. The summed E-state index contributed by atoms with van der Waals surface area (Å²) < 4.78 is 0. The molecule has 5 nitrogen and oxygen atoms in total. The van der Waals surface area contributed by atoms with Gasteiger partial charge in [0.15, 0.2) is 0 Å². The topological polar surface area (TPSA) is 62.3 Å². The van der Waals surface area contributed by atoms with Gasteiger partial charge in [-0.25, -0.2) is 0 Å². The largest absolute Gasteiger partial charge is 0.347 e. The summed E-state index contributed by atoms with van der Waals surface area (Å²) in [6.45, 7) is 4.86. The molecule has 148 valence electrons. The average Bonchev–Trinajstić information content (AvgIpc) is 2.65. The number of carbonyl (C=O) groups excluding carboxylic acids is 2. The Bertz CT molecular complexity index is 869. The minimum absolute atomic E-state index is 0.0355. The highest BCUT2D eigenvalue weighted by Gasteiger charge is 2.26. The lowest BCUT2D eigenvalue weighted by molar-refractivity contribution is -0.133. The van der Waals surface area contributed by atoms with E-state index in [9.17, 15) is 9.59 Å². The van der Waals surface area contributed by atoms with E-state index in [1.54, 1.807) is 0 Å². The van der Waals surface area contributed by atoms with E-state index in [2.05, 4.69) is 23.5 Å². The summed E-state index contributed by atoms with van der Waals surface area (Å²) >= 11 is 6.11. The van der Waals surface area contributed by atoms with Crippen LogP contribution < -0.4 is 5.32 Å². The van der Waals surface area contributed by atoms with Crippen LogP contribution in [0.1, 0.15) is 48.2 Å². The number of rotatable bonds is 5. The maximum absolute atomic E-state index is 12.4. The Morgan fingerprint density at radius 1 is 1.25 bits per heavy atom. The molecule has 0 spiro atoms. The number of halogens is 1. The van der Waals surface area contributed by atoms with Crippen molar-refractivity contribution in [1.82, 2.24) is 15.2 Å². The van der Waals surface area contributed by atoms with E-state index in [0.29, 0.717) is 6.54 Å². The van der Waals surface area contributed by atoms with Gasteiger partial charge in [-0.3, -0.25) is 14.6 Å². The number of carbonyl (C=O) groups is 2. The Morgan fingerprint density at radius 3 is 2.82 bits per heavy atom. The summed E-state index contributed by atoms with van der Waals surface area (Å²) in [5.74, 6) is -0.00680. The first-order valence-electron chi connectivity index (χ1n) is 9.65. The van der Waals surface area contributed by atoms with E-state index >= 15 is 0 Å². The number of pyridine rings is 1. The van der Waals surface area contributed by atoms with E-state index in [-0.39, 0.29) is 24.3 Å². The lowest BCUT2D eigenvalue weighted by Gasteiger charge is -2.33. The number of likely N-dealkylation sites (tertiary alicyclic amines) is 1. The predicted molar refractivity (Wildman–Crippen MR) is 110 cm³/mol. The highest BCUT2D eigenvalue weighted by molar-refractivity contribution is 6.30. The number of aromatic nitrogens is 1. The standard InChI is InChI=1S/C22H26ClN3O2/c1-15-9-18(10-17-5-3-7-20(23)11-17)12-21(25-15)19-6-4-8-26(14-19)22(28)13-24-16(2)27/h3,5,7,9,11-12,19H,4,6,8,10,13-14H2,1-2H3,(H,24,27)/t19-/m0/s1. The zero-order valence-corrected chi connectivity index (χ0v) is 17.1. The van der Waals surface area contributed by atoms with Gasteiger partial charge in [-0.05, 0) is 61.6 Å². The molecule has 28 heavy (non-hydrogen) atoms. The fourth-order valence-electron chi connectivity index (χ4n) is 3.72. The van der Waals surface area contributed by atoms with Gasteiger partial charge in [0.25, 0.3) is 0 Å². The normalized spacial score (nSPS) is 16.7. The van der Waals surface area contributed by atoms with Crippen molar-refractivity contribution in [2.75, 3.05) is 19.6 Å². The molecule has 0 aliphatic carbocycles. The third kappa shape index (κ3) is 5.55. The molecule has 0 radical (unpaired) electrons. The molecular weight excluding hydrogens is 374 g/mol. The molecule has 6 heteroatoms. The van der Waals surface area contributed by atoms with Gasteiger partial charge in [-0.2, -0.15) is 0 Å². The summed E-state index contributed by atoms with van der Waals surface area (Å²) in [4.78, 5) is 30.0. The van der Waals surface area contributed by atoms with Crippen LogP contribution in [-0.4, -0.2) is 41.3 Å². The van der Waals surface area contributed by atoms with Gasteiger partial charge in [0, 0.05) is 42.3 Å². The third-order valence-corrected chi connectivity index (χ3v) is 5.25. The molecule has 0 unspecified atom stereocenters. The molecule has 1 aromatic heterocycles. The number of aryl methyl sites for hydroxylation is 1. The van der Waals surface area contributed by atoms with E-state index in [1.165, 1.54) is 18.1 Å². The highest BCUT2D eigenvalue weighted by Crippen LogP contribution is 2.27. The van der Waals surface area contributed by atoms with Crippen LogP contribution in [0.3, 0.4) is 0 Å². The van der Waals surface area contributed by atoms with Crippen molar-refractivity contribution in [3.8, 4) is 0 Å². The number of nitrogens with zero attached hydrogens (tertiary/aromatic N) is 2. The zero-order chi connectivity index (χ0) is 20.1. The van der Waals surface area contributed by atoms with Gasteiger partial charge >= 0.3 is 0 Å². The van der Waals surface area contributed by atoms with Crippen molar-refractivity contribution in [2.24, 2.45) is 0 Å². The Balaban J connectivity index is 1.72. The minimum atomic E-state index is -0.187. The van der Waals surface area contributed by atoms with Crippen molar-refractivity contribution in [2.45, 2.75) is 39.0 Å². The van der Waals surface area contributed by atoms with Gasteiger partial charge in [-0.1, -0.05) is 23.7 Å². The Hall–Kier alpha value is -2.40. The Labute approximate surface area is 171 Å². The van der Waals surface area contributed by atoms with Crippen LogP contribution in [0.15, 0.2) is 36.4 Å². The van der Waals surface area contributed by atoms with Crippen LogP contribution >= 0.6 is 11.6 Å². The summed E-state index contributed by atoms with van der Waals surface area (Å²) in [6, 6.07) is 12.2. The van der Waals surface area contributed by atoms with E-state index in [4.69, 9.17) is 16.6 Å². The minimum Gasteiger partial charge on any atom is -0.347 e. The summed E-state index contributed by atoms with van der Waals surface area (Å²) in [5.41, 5.74) is 4.39. The fourth-order valence-corrected chi connectivity index (χ4v) is 3.93. The first-order valence-corrected chi connectivity index (χ1v) is 10.0. The summed E-state index contributed by atoms with van der Waals surface area (Å²) in [5, 5.41) is 3.33. The van der Waals surface area contributed by atoms with Crippen LogP contribution in [0.2, 0.25) is 5.02 Å². The SMILES string of the molecule is CC(=O)NCC(=O)N1CCC[C@H](c2cc(Cc3cccc(Cl)c3)cc(C)n2)C1. The number of nitrogens with one attached hydrogen (secondary N) is 1. The lowest BCUT2D eigenvalue weighted by atomic mass is 9.92. The van der Waals surface area contributed by atoms with E-state index < -0.39 is 0 Å². The molecular formula is C22H26ClN3O2. The van der Waals surface area contributed by atoms with Crippen molar-refractivity contribution in [1.29, 1.82) is 0 Å². The highest BCUT2D eigenvalue weighted by atomic mass is 35.5. The maximum Gasteiger partial charge on any atom is 0.241 e. The fraction of sp³-hybridized carbons (Fsp3) is 0.409. The molecule has 1 aliphatic heterocycles. The molecule has 1 aliphatic rings. The molecule has 1 fully saturated rings. The maximum atomic E-state index is 12.4. The molecule has 1 aromatic carbocycles. The number of benzene rings is 1. The second-order valence-corrected chi connectivity index (χ2v) is 7.87. The second-order valence-electron chi connectivity index (χ2n) is 7.44. The van der Waals surface area contributed by atoms with Crippen molar-refractivity contribution in [3.05, 3.63) is 63.9 Å². The predicted octanol–water partition coefficient (Wildman–Crippen LogP) is 3.48. The van der Waals surface area contributed by atoms with Crippen LogP contribution in [0, 0.1) is 6.92 Å². The van der Waals surface area contributed by atoms with Gasteiger partial charge < -0.3 is 10.2 Å². The summed E-state index contributed by atoms with van der Waals surface area (Å²) in [6.07, 6.45) is 2.75. The van der Waals surface area contributed by atoms with E-state index in [1.807, 2.05) is 30.0 Å². The molecule has 2 aromatic rings. The number of hydrogen-bond donors (Lipinski definition) is 1. The van der Waals surface area contributed by atoms with Crippen molar-refractivity contribution in [3.63, 3.8) is 0 Å². The Morgan fingerprint density at radius 2 is 2.07 bits per heavy atom. The van der Waals surface area contributed by atoms with Gasteiger partial charge in [-0.15, -0.1) is 0 Å². The van der Waals surface area contributed by atoms with Crippen LogP contribution in [0.5, 0.6) is 0 Å². The van der Waals surface area contributed by atoms with Crippen molar-refractivity contribution < 1.29 is 9.59 Å². The van der Waals surface area contributed by atoms with Crippen LogP contribution in [0.4, 0.5) is 0 Å². The number of amides is 2. The first-order chi connectivity index (χ1) is 13.4. The molecule has 3 rings (SSSR count). The Kier molecular flexibility index (Phi) is 6.68. The second kappa shape index (κ2) is 9.20. The number of piperidine rings is 1. The van der Waals surface area contributed by atoms with Gasteiger partial charge in [0.1, 0.15) is 0 Å². The zero-order valence-electron chi connectivity index (χ0n) is 16.4. The van der Waals surface area contributed by atoms with Gasteiger partial charge in [0.2, 0.25) is 11.8 Å². The quantitative estimate of drug-likeness (QED) is 0.837. The molecule has 0 saturated carbocycles. The number of hydrogen-bond acceptors (Lipinski definition) is 3. The lowest BCUT2D eigenvalue weighted by Crippen LogP contribution is -2.44.